The molecule has 1 unspecified atom stereocenters. The third-order valence-electron chi connectivity index (χ3n) is 2.85. The van der Waals surface area contributed by atoms with Gasteiger partial charge in [0.2, 0.25) is 0 Å². The molecule has 0 radical (unpaired) electrons. The fourth-order valence-electron chi connectivity index (χ4n) is 1.38. The second kappa shape index (κ2) is 5.89. The summed E-state index contributed by atoms with van der Waals surface area (Å²) in [4.78, 5) is 0. The van der Waals surface area contributed by atoms with Crippen LogP contribution in [0.5, 0.6) is 0 Å². The van der Waals surface area contributed by atoms with Crippen molar-refractivity contribution in [2.45, 2.75) is 38.8 Å². The van der Waals surface area contributed by atoms with Crippen LogP contribution in [0.4, 0.5) is 0 Å². The second-order valence-electron chi connectivity index (χ2n) is 4.42. The molecule has 2 heteroatoms. The fraction of sp³-hybridized carbons (Fsp3) is 0.538. The molecule has 1 aromatic carbocycles. The molecule has 0 bridgehead atoms. The van der Waals surface area contributed by atoms with Gasteiger partial charge in [-0.25, -0.2) is 0 Å². The third-order valence-corrected chi connectivity index (χ3v) is 2.85. The summed E-state index contributed by atoms with van der Waals surface area (Å²) in [5, 5.41) is 3.41. The molecule has 1 rings (SSSR count). The monoisotopic (exact) mass is 206 g/mol. The summed E-state index contributed by atoms with van der Waals surface area (Å²) in [6.07, 6.45) is 2.05. The molecule has 1 atom stereocenters. The van der Waals surface area contributed by atoms with Gasteiger partial charge in [0.25, 0.3) is 0 Å². The SMILES string of the molecule is CCC(C)(N)CCNCc1ccccc1. The van der Waals surface area contributed by atoms with Crippen molar-refractivity contribution in [1.29, 1.82) is 0 Å². The van der Waals surface area contributed by atoms with Crippen molar-refractivity contribution in [3.05, 3.63) is 35.9 Å². The maximum atomic E-state index is 6.06. The first kappa shape index (κ1) is 12.2. The predicted molar refractivity (Wildman–Crippen MR) is 65.6 cm³/mol. The topological polar surface area (TPSA) is 38.0 Å². The van der Waals surface area contributed by atoms with E-state index in [-0.39, 0.29) is 5.54 Å². The number of hydrogen-bond acceptors (Lipinski definition) is 2. The first-order valence-electron chi connectivity index (χ1n) is 5.67. The molecule has 15 heavy (non-hydrogen) atoms. The fourth-order valence-corrected chi connectivity index (χ4v) is 1.38. The summed E-state index contributed by atoms with van der Waals surface area (Å²) < 4.78 is 0. The smallest absolute Gasteiger partial charge is 0.0205 e. The Labute approximate surface area is 92.9 Å². The lowest BCUT2D eigenvalue weighted by Gasteiger charge is -2.22. The molecule has 0 aromatic heterocycles. The zero-order valence-corrected chi connectivity index (χ0v) is 9.79. The standard InChI is InChI=1S/C13H22N2/c1-3-13(2,14)9-10-15-11-12-7-5-4-6-8-12/h4-8,15H,3,9-11,14H2,1-2H3. The summed E-state index contributed by atoms with van der Waals surface area (Å²) in [7, 11) is 0. The molecule has 3 N–H and O–H groups in total. The molecule has 0 saturated heterocycles. The van der Waals surface area contributed by atoms with Crippen LogP contribution < -0.4 is 11.1 Å². The van der Waals surface area contributed by atoms with Gasteiger partial charge in [-0.3, -0.25) is 0 Å². The van der Waals surface area contributed by atoms with E-state index in [1.54, 1.807) is 0 Å². The van der Waals surface area contributed by atoms with Crippen LogP contribution in [0.15, 0.2) is 30.3 Å². The van der Waals surface area contributed by atoms with Crippen LogP contribution in [0, 0.1) is 0 Å². The highest BCUT2D eigenvalue weighted by Crippen LogP contribution is 2.08. The van der Waals surface area contributed by atoms with Crippen molar-refractivity contribution < 1.29 is 0 Å². The van der Waals surface area contributed by atoms with Crippen molar-refractivity contribution in [1.82, 2.24) is 5.32 Å². The molecular weight excluding hydrogens is 184 g/mol. The van der Waals surface area contributed by atoms with Gasteiger partial charge in [0.15, 0.2) is 0 Å². The van der Waals surface area contributed by atoms with Crippen LogP contribution in [0.2, 0.25) is 0 Å². The molecule has 84 valence electrons. The first-order valence-corrected chi connectivity index (χ1v) is 5.67. The molecule has 0 saturated carbocycles. The second-order valence-corrected chi connectivity index (χ2v) is 4.42. The Bertz CT molecular complexity index is 267. The van der Waals surface area contributed by atoms with Gasteiger partial charge >= 0.3 is 0 Å². The normalized spacial score (nSPS) is 14.9. The van der Waals surface area contributed by atoms with Crippen LogP contribution in [0.1, 0.15) is 32.3 Å². The molecule has 1 aromatic rings. The van der Waals surface area contributed by atoms with Gasteiger partial charge in [0.05, 0.1) is 0 Å². The minimum atomic E-state index is -0.0241. The van der Waals surface area contributed by atoms with E-state index in [4.69, 9.17) is 5.73 Å². The van der Waals surface area contributed by atoms with E-state index >= 15 is 0 Å². The minimum absolute atomic E-state index is 0.0241. The highest BCUT2D eigenvalue weighted by atomic mass is 14.9. The number of rotatable bonds is 6. The number of benzene rings is 1. The Kier molecular flexibility index (Phi) is 4.79. The molecule has 0 fully saturated rings. The molecule has 0 spiro atoms. The molecule has 0 amide bonds. The van der Waals surface area contributed by atoms with E-state index in [0.29, 0.717) is 0 Å². The maximum absolute atomic E-state index is 6.06. The first-order chi connectivity index (χ1) is 7.14. The summed E-state index contributed by atoms with van der Waals surface area (Å²) in [5.74, 6) is 0. The lowest BCUT2D eigenvalue weighted by Crippen LogP contribution is -2.38. The summed E-state index contributed by atoms with van der Waals surface area (Å²) >= 11 is 0. The Hall–Kier alpha value is -0.860. The molecule has 0 heterocycles. The van der Waals surface area contributed by atoms with E-state index in [9.17, 15) is 0 Å². The average molecular weight is 206 g/mol. The summed E-state index contributed by atoms with van der Waals surface area (Å²) in [5.41, 5.74) is 7.36. The van der Waals surface area contributed by atoms with E-state index in [2.05, 4.69) is 43.4 Å². The van der Waals surface area contributed by atoms with E-state index in [0.717, 1.165) is 25.9 Å². The quantitative estimate of drug-likeness (QED) is 0.701. The lowest BCUT2D eigenvalue weighted by molar-refractivity contribution is 0.405. The zero-order chi connectivity index (χ0) is 11.1. The molecule has 0 aliphatic heterocycles. The Balaban J connectivity index is 2.18. The van der Waals surface area contributed by atoms with Gasteiger partial charge in [-0.1, -0.05) is 37.3 Å². The number of nitrogens with one attached hydrogen (secondary N) is 1. The Morgan fingerprint density at radius 2 is 1.93 bits per heavy atom. The van der Waals surface area contributed by atoms with Crippen LogP contribution in [-0.2, 0) is 6.54 Å². The van der Waals surface area contributed by atoms with Crippen molar-refractivity contribution >= 4 is 0 Å². The number of nitrogens with two attached hydrogens (primary N) is 1. The van der Waals surface area contributed by atoms with Crippen molar-refractivity contribution in [3.63, 3.8) is 0 Å². The average Bonchev–Trinajstić information content (AvgIpc) is 2.26. The largest absolute Gasteiger partial charge is 0.325 e. The summed E-state index contributed by atoms with van der Waals surface area (Å²) in [6.45, 7) is 6.16. The number of hydrogen-bond donors (Lipinski definition) is 2. The van der Waals surface area contributed by atoms with E-state index < -0.39 is 0 Å². The molecule has 0 aliphatic rings. The van der Waals surface area contributed by atoms with Crippen LogP contribution >= 0.6 is 0 Å². The zero-order valence-electron chi connectivity index (χ0n) is 9.79. The van der Waals surface area contributed by atoms with Crippen molar-refractivity contribution in [2.24, 2.45) is 5.73 Å². The highest BCUT2D eigenvalue weighted by molar-refractivity contribution is 5.14. The van der Waals surface area contributed by atoms with Crippen LogP contribution in [-0.4, -0.2) is 12.1 Å². The van der Waals surface area contributed by atoms with Gasteiger partial charge < -0.3 is 11.1 Å². The Morgan fingerprint density at radius 1 is 1.27 bits per heavy atom. The third kappa shape index (κ3) is 4.96. The van der Waals surface area contributed by atoms with Crippen molar-refractivity contribution in [2.75, 3.05) is 6.54 Å². The van der Waals surface area contributed by atoms with Crippen LogP contribution in [0.25, 0.3) is 0 Å². The lowest BCUT2D eigenvalue weighted by atomic mass is 9.96. The molecular formula is C13H22N2. The predicted octanol–water partition coefficient (Wildman–Crippen LogP) is 2.29. The van der Waals surface area contributed by atoms with Gasteiger partial charge in [-0.2, -0.15) is 0 Å². The van der Waals surface area contributed by atoms with Gasteiger partial charge in [0, 0.05) is 12.1 Å². The van der Waals surface area contributed by atoms with Crippen LogP contribution in [0.3, 0.4) is 0 Å². The molecule has 2 nitrogen and oxygen atoms in total. The Morgan fingerprint density at radius 3 is 2.53 bits per heavy atom. The van der Waals surface area contributed by atoms with Crippen molar-refractivity contribution in [3.8, 4) is 0 Å². The van der Waals surface area contributed by atoms with E-state index in [1.165, 1.54) is 5.56 Å². The summed E-state index contributed by atoms with van der Waals surface area (Å²) in [6, 6.07) is 10.4. The minimum Gasteiger partial charge on any atom is -0.325 e. The van der Waals surface area contributed by atoms with Gasteiger partial charge in [0.1, 0.15) is 0 Å². The maximum Gasteiger partial charge on any atom is 0.0205 e. The van der Waals surface area contributed by atoms with E-state index in [1.807, 2.05) is 6.07 Å². The molecule has 0 aliphatic carbocycles. The van der Waals surface area contributed by atoms with Gasteiger partial charge in [-0.05, 0) is 31.9 Å². The highest BCUT2D eigenvalue weighted by Gasteiger charge is 2.13. The van der Waals surface area contributed by atoms with Gasteiger partial charge in [-0.15, -0.1) is 0 Å².